The number of benzene rings is 3. The Labute approximate surface area is 172 Å². The molecule has 1 unspecified atom stereocenters. The molecule has 0 radical (unpaired) electrons. The molecule has 144 valence electrons. The lowest BCUT2D eigenvalue weighted by Crippen LogP contribution is -2.42. The smallest absolute Gasteiger partial charge is 0.423 e. The van der Waals surface area contributed by atoms with Crippen molar-refractivity contribution in [3.05, 3.63) is 103 Å². The van der Waals surface area contributed by atoms with Gasteiger partial charge in [0.2, 0.25) is 0 Å². The summed E-state index contributed by atoms with van der Waals surface area (Å²) in [5, 5.41) is 18.9. The number of allylic oxidation sites excluding steroid dienone is 2. The molecule has 4 heteroatoms. The van der Waals surface area contributed by atoms with Crippen molar-refractivity contribution in [2.45, 2.75) is 18.9 Å². The molecule has 0 fully saturated rings. The summed E-state index contributed by atoms with van der Waals surface area (Å²) in [6.07, 6.45) is 9.43. The van der Waals surface area contributed by atoms with Gasteiger partial charge in [0, 0.05) is 11.4 Å². The zero-order chi connectivity index (χ0) is 20.3. The van der Waals surface area contributed by atoms with E-state index >= 15 is 0 Å². The van der Waals surface area contributed by atoms with Crippen LogP contribution >= 0.6 is 0 Å². The van der Waals surface area contributed by atoms with Crippen LogP contribution in [0.2, 0.25) is 0 Å². The molecule has 0 aliphatic heterocycles. The van der Waals surface area contributed by atoms with Crippen LogP contribution in [0.3, 0.4) is 0 Å². The van der Waals surface area contributed by atoms with E-state index in [2.05, 4.69) is 72.5 Å². The van der Waals surface area contributed by atoms with Crippen molar-refractivity contribution in [3.8, 4) is 11.1 Å². The SMILES string of the molecule is CC1(N(c2ccc(B(O)O)cc2)c2ccc(-c3ccccc3)cc2)C=CC=CC1. The lowest BCUT2D eigenvalue weighted by atomic mass is 9.80. The normalized spacial score (nSPS) is 17.9. The highest BCUT2D eigenvalue weighted by molar-refractivity contribution is 6.58. The van der Waals surface area contributed by atoms with Gasteiger partial charge in [0.05, 0.1) is 5.54 Å². The first-order chi connectivity index (χ1) is 14.1. The summed E-state index contributed by atoms with van der Waals surface area (Å²) in [5.41, 5.74) is 4.73. The van der Waals surface area contributed by atoms with Gasteiger partial charge in [0.15, 0.2) is 0 Å². The zero-order valence-corrected chi connectivity index (χ0v) is 16.4. The van der Waals surface area contributed by atoms with Gasteiger partial charge < -0.3 is 14.9 Å². The average molecular weight is 381 g/mol. The fourth-order valence-electron chi connectivity index (χ4n) is 3.85. The predicted octanol–water partition coefficient (Wildman–Crippen LogP) is 4.45. The van der Waals surface area contributed by atoms with E-state index in [0.717, 1.165) is 17.8 Å². The van der Waals surface area contributed by atoms with Crippen molar-refractivity contribution in [1.82, 2.24) is 0 Å². The van der Waals surface area contributed by atoms with Crippen molar-refractivity contribution in [2.75, 3.05) is 4.90 Å². The molecule has 3 aromatic rings. The Hall–Kier alpha value is -3.08. The fourth-order valence-corrected chi connectivity index (χ4v) is 3.85. The maximum Gasteiger partial charge on any atom is 0.488 e. The molecule has 0 saturated carbocycles. The van der Waals surface area contributed by atoms with Crippen molar-refractivity contribution in [2.24, 2.45) is 0 Å². The van der Waals surface area contributed by atoms with E-state index in [0.29, 0.717) is 5.46 Å². The van der Waals surface area contributed by atoms with Gasteiger partial charge in [0.1, 0.15) is 0 Å². The topological polar surface area (TPSA) is 43.7 Å². The first-order valence-corrected chi connectivity index (χ1v) is 9.83. The van der Waals surface area contributed by atoms with Crippen LogP contribution in [0.4, 0.5) is 11.4 Å². The molecule has 0 bridgehead atoms. The van der Waals surface area contributed by atoms with Crippen LogP contribution in [0, 0.1) is 0 Å². The van der Waals surface area contributed by atoms with Crippen LogP contribution in [0.1, 0.15) is 13.3 Å². The Balaban J connectivity index is 1.74. The maximum absolute atomic E-state index is 9.43. The van der Waals surface area contributed by atoms with Crippen LogP contribution in [0.25, 0.3) is 11.1 Å². The molecule has 0 saturated heterocycles. The van der Waals surface area contributed by atoms with E-state index in [9.17, 15) is 10.0 Å². The first kappa shape index (κ1) is 19.3. The second kappa shape index (κ2) is 8.12. The van der Waals surface area contributed by atoms with Gasteiger partial charge in [-0.15, -0.1) is 0 Å². The lowest BCUT2D eigenvalue weighted by Gasteiger charge is -2.42. The third-order valence-electron chi connectivity index (χ3n) is 5.43. The highest BCUT2D eigenvalue weighted by Gasteiger charge is 2.31. The summed E-state index contributed by atoms with van der Waals surface area (Å²) in [4.78, 5) is 2.30. The van der Waals surface area contributed by atoms with Gasteiger partial charge in [-0.05, 0) is 54.2 Å². The van der Waals surface area contributed by atoms with Crippen molar-refractivity contribution in [3.63, 3.8) is 0 Å². The predicted molar refractivity (Wildman–Crippen MR) is 122 cm³/mol. The fraction of sp³-hybridized carbons (Fsp3) is 0.120. The second-order valence-electron chi connectivity index (χ2n) is 7.56. The first-order valence-electron chi connectivity index (χ1n) is 9.83. The summed E-state index contributed by atoms with van der Waals surface area (Å²) < 4.78 is 0. The monoisotopic (exact) mass is 381 g/mol. The number of hydrogen-bond donors (Lipinski definition) is 2. The van der Waals surface area contributed by atoms with Crippen LogP contribution in [-0.4, -0.2) is 22.7 Å². The highest BCUT2D eigenvalue weighted by atomic mass is 16.4. The minimum absolute atomic E-state index is 0.220. The molecular formula is C25H24BNO2. The van der Waals surface area contributed by atoms with Gasteiger partial charge in [-0.25, -0.2) is 0 Å². The average Bonchev–Trinajstić information content (AvgIpc) is 2.76. The molecule has 1 aliphatic rings. The van der Waals surface area contributed by atoms with E-state index < -0.39 is 7.12 Å². The summed E-state index contributed by atoms with van der Waals surface area (Å²) in [5.74, 6) is 0. The van der Waals surface area contributed by atoms with Crippen LogP contribution in [0.15, 0.2) is 103 Å². The molecule has 0 spiro atoms. The Morgan fingerprint density at radius 2 is 1.34 bits per heavy atom. The molecule has 0 amide bonds. The molecule has 3 nitrogen and oxygen atoms in total. The maximum atomic E-state index is 9.43. The largest absolute Gasteiger partial charge is 0.488 e. The Kier molecular flexibility index (Phi) is 5.39. The molecule has 2 N–H and O–H groups in total. The summed E-state index contributed by atoms with van der Waals surface area (Å²) in [6.45, 7) is 2.22. The Morgan fingerprint density at radius 3 is 1.90 bits per heavy atom. The second-order valence-corrected chi connectivity index (χ2v) is 7.56. The standard InChI is InChI=1S/C25H24BNO2/c1-25(18-6-3-7-19-25)27(24-16-12-22(13-17-24)26(28)29)23-14-10-21(11-15-23)20-8-4-2-5-9-20/h2-18,28-29H,19H2,1H3. The van der Waals surface area contributed by atoms with Gasteiger partial charge in [-0.3, -0.25) is 0 Å². The van der Waals surface area contributed by atoms with E-state index in [1.165, 1.54) is 11.1 Å². The molecule has 3 aromatic carbocycles. The van der Waals surface area contributed by atoms with Gasteiger partial charge in [-0.2, -0.15) is 0 Å². The minimum Gasteiger partial charge on any atom is -0.423 e. The van der Waals surface area contributed by atoms with Crippen molar-refractivity contribution in [1.29, 1.82) is 0 Å². The number of anilines is 2. The third kappa shape index (κ3) is 4.04. The minimum atomic E-state index is -1.46. The molecular weight excluding hydrogens is 357 g/mol. The van der Waals surface area contributed by atoms with Crippen molar-refractivity contribution < 1.29 is 10.0 Å². The number of rotatable bonds is 5. The van der Waals surface area contributed by atoms with Gasteiger partial charge >= 0.3 is 7.12 Å². The molecule has 29 heavy (non-hydrogen) atoms. The summed E-state index contributed by atoms with van der Waals surface area (Å²) in [6, 6.07) is 26.3. The molecule has 1 aliphatic carbocycles. The van der Waals surface area contributed by atoms with E-state index in [1.807, 2.05) is 30.3 Å². The number of nitrogens with zero attached hydrogens (tertiary/aromatic N) is 1. The third-order valence-corrected chi connectivity index (χ3v) is 5.43. The van der Waals surface area contributed by atoms with Gasteiger partial charge in [0.25, 0.3) is 0 Å². The van der Waals surface area contributed by atoms with Gasteiger partial charge in [-0.1, -0.05) is 78.9 Å². The molecule has 4 rings (SSSR count). The van der Waals surface area contributed by atoms with Crippen LogP contribution < -0.4 is 10.4 Å². The molecule has 0 heterocycles. The van der Waals surface area contributed by atoms with Crippen LogP contribution in [-0.2, 0) is 0 Å². The van der Waals surface area contributed by atoms with E-state index in [-0.39, 0.29) is 5.54 Å². The van der Waals surface area contributed by atoms with E-state index in [1.54, 1.807) is 12.1 Å². The van der Waals surface area contributed by atoms with E-state index in [4.69, 9.17) is 0 Å². The zero-order valence-electron chi connectivity index (χ0n) is 16.4. The van der Waals surface area contributed by atoms with Crippen molar-refractivity contribution >= 4 is 24.0 Å². The molecule has 0 aromatic heterocycles. The summed E-state index contributed by atoms with van der Waals surface area (Å²) in [7, 11) is -1.46. The molecule has 1 atom stereocenters. The summed E-state index contributed by atoms with van der Waals surface area (Å²) >= 11 is 0. The lowest BCUT2D eigenvalue weighted by molar-refractivity contribution is 0.426. The Morgan fingerprint density at radius 1 is 0.759 bits per heavy atom. The van der Waals surface area contributed by atoms with Crippen LogP contribution in [0.5, 0.6) is 0 Å². The number of hydrogen-bond acceptors (Lipinski definition) is 3. The quantitative estimate of drug-likeness (QED) is 0.642. The highest BCUT2D eigenvalue weighted by Crippen LogP contribution is 2.38. The Bertz CT molecular complexity index is 1010.